The standard InChI is InChI=1S/C22H28N2O5S/c1-16(2)29-20-8-4-18(5-9-20)12-14-23-22(26)13-15-24-30(27,28)21-10-6-19(7-11-21)17(3)25/h4-11,16,24H,12-15H2,1-3H3,(H,23,26). The third-order valence-electron chi connectivity index (χ3n) is 4.25. The molecule has 0 aliphatic heterocycles. The zero-order chi connectivity index (χ0) is 22.1. The molecule has 0 aliphatic carbocycles. The van der Waals surface area contributed by atoms with E-state index in [4.69, 9.17) is 4.74 Å². The molecule has 2 N–H and O–H groups in total. The predicted molar refractivity (Wildman–Crippen MR) is 115 cm³/mol. The summed E-state index contributed by atoms with van der Waals surface area (Å²) in [6.45, 7) is 5.80. The Morgan fingerprint density at radius 2 is 1.60 bits per heavy atom. The van der Waals surface area contributed by atoms with Gasteiger partial charge < -0.3 is 10.1 Å². The lowest BCUT2D eigenvalue weighted by Gasteiger charge is -2.10. The van der Waals surface area contributed by atoms with Crippen molar-refractivity contribution in [3.63, 3.8) is 0 Å². The van der Waals surface area contributed by atoms with E-state index in [9.17, 15) is 18.0 Å². The number of Topliss-reactive ketones (excluding diaryl/α,β-unsaturated/α-hetero) is 1. The minimum absolute atomic E-state index is 0.0101. The van der Waals surface area contributed by atoms with E-state index in [1.165, 1.54) is 31.2 Å². The fraction of sp³-hybridized carbons (Fsp3) is 0.364. The van der Waals surface area contributed by atoms with Crippen LogP contribution in [-0.2, 0) is 21.2 Å². The van der Waals surface area contributed by atoms with Crippen molar-refractivity contribution in [1.29, 1.82) is 0 Å². The third kappa shape index (κ3) is 7.61. The van der Waals surface area contributed by atoms with E-state index in [2.05, 4.69) is 10.0 Å². The Morgan fingerprint density at radius 1 is 0.967 bits per heavy atom. The first kappa shape index (κ1) is 23.6. The highest BCUT2D eigenvalue weighted by atomic mass is 32.2. The number of carbonyl (C=O) groups excluding carboxylic acids is 2. The van der Waals surface area contributed by atoms with Gasteiger partial charge in [0.15, 0.2) is 5.78 Å². The molecular formula is C22H28N2O5S. The zero-order valence-corrected chi connectivity index (χ0v) is 18.3. The number of benzene rings is 2. The molecule has 0 spiro atoms. The van der Waals surface area contributed by atoms with Gasteiger partial charge in [-0.3, -0.25) is 9.59 Å². The van der Waals surface area contributed by atoms with E-state index in [-0.39, 0.29) is 35.7 Å². The summed E-state index contributed by atoms with van der Waals surface area (Å²) in [5, 5.41) is 2.78. The van der Waals surface area contributed by atoms with Gasteiger partial charge in [-0.05, 0) is 57.0 Å². The highest BCUT2D eigenvalue weighted by Crippen LogP contribution is 2.14. The minimum Gasteiger partial charge on any atom is -0.491 e. The SMILES string of the molecule is CC(=O)c1ccc(S(=O)(=O)NCCC(=O)NCCc2ccc(OC(C)C)cc2)cc1. The lowest BCUT2D eigenvalue weighted by molar-refractivity contribution is -0.120. The summed E-state index contributed by atoms with van der Waals surface area (Å²) < 4.78 is 32.5. The van der Waals surface area contributed by atoms with Crippen LogP contribution in [0.2, 0.25) is 0 Å². The molecule has 0 aliphatic rings. The van der Waals surface area contributed by atoms with Crippen LogP contribution < -0.4 is 14.8 Å². The summed E-state index contributed by atoms with van der Waals surface area (Å²) >= 11 is 0. The molecule has 7 nitrogen and oxygen atoms in total. The number of ketones is 1. The number of ether oxygens (including phenoxy) is 1. The largest absolute Gasteiger partial charge is 0.491 e. The molecule has 0 bridgehead atoms. The normalized spacial score (nSPS) is 11.3. The topological polar surface area (TPSA) is 102 Å². The average molecular weight is 433 g/mol. The van der Waals surface area contributed by atoms with Gasteiger partial charge in [0.05, 0.1) is 11.0 Å². The van der Waals surface area contributed by atoms with E-state index >= 15 is 0 Å². The maximum absolute atomic E-state index is 12.3. The molecule has 0 unspecified atom stereocenters. The van der Waals surface area contributed by atoms with Gasteiger partial charge in [0, 0.05) is 25.1 Å². The number of rotatable bonds is 11. The Balaban J connectivity index is 1.72. The maximum Gasteiger partial charge on any atom is 0.240 e. The summed E-state index contributed by atoms with van der Waals surface area (Å²) in [5.41, 5.74) is 1.51. The Morgan fingerprint density at radius 3 is 2.17 bits per heavy atom. The van der Waals surface area contributed by atoms with E-state index in [0.29, 0.717) is 18.5 Å². The van der Waals surface area contributed by atoms with Gasteiger partial charge in [0.25, 0.3) is 0 Å². The van der Waals surface area contributed by atoms with Gasteiger partial charge in [-0.25, -0.2) is 13.1 Å². The molecule has 0 atom stereocenters. The van der Waals surface area contributed by atoms with Crippen molar-refractivity contribution < 1.29 is 22.7 Å². The Hall–Kier alpha value is -2.71. The van der Waals surface area contributed by atoms with E-state index in [1.807, 2.05) is 38.1 Å². The smallest absolute Gasteiger partial charge is 0.240 e. The van der Waals surface area contributed by atoms with Gasteiger partial charge in [-0.2, -0.15) is 0 Å². The van der Waals surface area contributed by atoms with Crippen molar-refractivity contribution in [2.24, 2.45) is 0 Å². The number of hydrogen-bond donors (Lipinski definition) is 2. The second-order valence-electron chi connectivity index (χ2n) is 7.14. The molecule has 2 aromatic rings. The second kappa shape index (κ2) is 10.9. The number of sulfonamides is 1. The van der Waals surface area contributed by atoms with Crippen molar-refractivity contribution >= 4 is 21.7 Å². The van der Waals surface area contributed by atoms with Crippen molar-refractivity contribution in [2.75, 3.05) is 13.1 Å². The van der Waals surface area contributed by atoms with Crippen molar-refractivity contribution in [3.05, 3.63) is 59.7 Å². The van der Waals surface area contributed by atoms with E-state index in [1.54, 1.807) is 0 Å². The first-order chi connectivity index (χ1) is 14.2. The van der Waals surface area contributed by atoms with Gasteiger partial charge in [-0.15, -0.1) is 0 Å². The lowest BCUT2D eigenvalue weighted by atomic mass is 10.1. The van der Waals surface area contributed by atoms with Crippen LogP contribution in [0.4, 0.5) is 0 Å². The summed E-state index contributed by atoms with van der Waals surface area (Å²) in [6.07, 6.45) is 0.820. The first-order valence-electron chi connectivity index (χ1n) is 9.80. The van der Waals surface area contributed by atoms with E-state index in [0.717, 1.165) is 11.3 Å². The molecule has 2 rings (SSSR count). The molecule has 0 aromatic heterocycles. The van der Waals surface area contributed by atoms with Gasteiger partial charge in [0.1, 0.15) is 5.75 Å². The molecule has 162 valence electrons. The van der Waals surface area contributed by atoms with Gasteiger partial charge in [-0.1, -0.05) is 24.3 Å². The molecule has 30 heavy (non-hydrogen) atoms. The van der Waals surface area contributed by atoms with Crippen molar-refractivity contribution in [1.82, 2.24) is 10.0 Å². The second-order valence-corrected chi connectivity index (χ2v) is 8.91. The monoisotopic (exact) mass is 432 g/mol. The fourth-order valence-corrected chi connectivity index (χ4v) is 3.72. The quantitative estimate of drug-likeness (QED) is 0.532. The van der Waals surface area contributed by atoms with Gasteiger partial charge in [0.2, 0.25) is 15.9 Å². The molecule has 0 radical (unpaired) electrons. The van der Waals surface area contributed by atoms with Crippen LogP contribution in [0.25, 0.3) is 0 Å². The maximum atomic E-state index is 12.3. The van der Waals surface area contributed by atoms with Crippen LogP contribution >= 0.6 is 0 Å². The summed E-state index contributed by atoms with van der Waals surface area (Å²) in [5.74, 6) is 0.439. The molecule has 0 fully saturated rings. The van der Waals surface area contributed by atoms with Crippen LogP contribution in [0.5, 0.6) is 5.75 Å². The molecule has 0 heterocycles. The number of carbonyl (C=O) groups is 2. The van der Waals surface area contributed by atoms with Gasteiger partial charge >= 0.3 is 0 Å². The highest BCUT2D eigenvalue weighted by molar-refractivity contribution is 7.89. The summed E-state index contributed by atoms with van der Waals surface area (Å²) in [6, 6.07) is 13.4. The summed E-state index contributed by atoms with van der Waals surface area (Å²) in [4.78, 5) is 23.3. The fourth-order valence-electron chi connectivity index (χ4n) is 2.69. The summed E-state index contributed by atoms with van der Waals surface area (Å²) in [7, 11) is -3.73. The molecular weight excluding hydrogens is 404 g/mol. The molecule has 8 heteroatoms. The molecule has 0 saturated heterocycles. The van der Waals surface area contributed by atoms with Crippen molar-refractivity contribution in [2.45, 2.75) is 44.6 Å². The van der Waals surface area contributed by atoms with Crippen LogP contribution in [0.1, 0.15) is 43.1 Å². The molecule has 0 saturated carbocycles. The highest BCUT2D eigenvalue weighted by Gasteiger charge is 2.14. The molecule has 2 aromatic carbocycles. The Bertz CT molecular complexity index is 952. The predicted octanol–water partition coefficient (Wildman–Crippen LogP) is 2.70. The average Bonchev–Trinajstić information content (AvgIpc) is 2.69. The number of nitrogens with one attached hydrogen (secondary N) is 2. The number of amides is 1. The number of hydrogen-bond acceptors (Lipinski definition) is 5. The van der Waals surface area contributed by atoms with Crippen LogP contribution in [-0.4, -0.2) is 39.3 Å². The van der Waals surface area contributed by atoms with E-state index < -0.39 is 10.0 Å². The van der Waals surface area contributed by atoms with Crippen LogP contribution in [0, 0.1) is 0 Å². The lowest BCUT2D eigenvalue weighted by Crippen LogP contribution is -2.31. The Labute approximate surface area is 177 Å². The van der Waals surface area contributed by atoms with Crippen LogP contribution in [0.3, 0.4) is 0 Å². The Kier molecular flexibility index (Phi) is 8.56. The minimum atomic E-state index is -3.73. The first-order valence-corrected chi connectivity index (χ1v) is 11.3. The zero-order valence-electron chi connectivity index (χ0n) is 17.5. The van der Waals surface area contributed by atoms with Crippen LogP contribution in [0.15, 0.2) is 53.4 Å². The molecule has 1 amide bonds. The third-order valence-corrected chi connectivity index (χ3v) is 5.72. The van der Waals surface area contributed by atoms with Crippen molar-refractivity contribution in [3.8, 4) is 5.75 Å².